The predicted octanol–water partition coefficient (Wildman–Crippen LogP) is 3.22. The number of benzene rings is 2. The predicted molar refractivity (Wildman–Crippen MR) is 76.9 cm³/mol. The molecule has 19 heavy (non-hydrogen) atoms. The maximum atomic E-state index is 10.8. The molecule has 5 heteroatoms. The summed E-state index contributed by atoms with van der Waals surface area (Å²) in [6.45, 7) is 2.78. The molecule has 2 aromatic rings. The van der Waals surface area contributed by atoms with Crippen molar-refractivity contribution in [3.05, 3.63) is 36.4 Å². The Morgan fingerprint density at radius 1 is 1.21 bits per heavy atom. The fourth-order valence-electron chi connectivity index (χ4n) is 1.90. The van der Waals surface area contributed by atoms with Crippen LogP contribution in [0, 0.1) is 0 Å². The molecule has 0 bridgehead atoms. The van der Waals surface area contributed by atoms with E-state index in [1.807, 2.05) is 24.3 Å². The topological polar surface area (TPSA) is 61.4 Å². The fraction of sp³-hybridized carbons (Fsp3) is 0.286. The van der Waals surface area contributed by atoms with E-state index >= 15 is 0 Å². The van der Waals surface area contributed by atoms with Gasteiger partial charge in [-0.15, -0.1) is 0 Å². The van der Waals surface area contributed by atoms with E-state index in [1.54, 1.807) is 12.1 Å². The molecule has 1 unspecified atom stereocenters. The molecule has 2 aromatic carbocycles. The van der Waals surface area contributed by atoms with Gasteiger partial charge in [-0.05, 0) is 18.6 Å². The summed E-state index contributed by atoms with van der Waals surface area (Å²) in [7, 11) is 0. The van der Waals surface area contributed by atoms with E-state index in [-0.39, 0.29) is 0 Å². The van der Waals surface area contributed by atoms with Crippen molar-refractivity contribution in [2.24, 2.45) is 0 Å². The van der Waals surface area contributed by atoms with Gasteiger partial charge in [-0.25, -0.2) is 0 Å². The highest BCUT2D eigenvalue weighted by atomic mass is 32.2. The summed E-state index contributed by atoms with van der Waals surface area (Å²) >= 11 is -2.33. The second-order valence-corrected chi connectivity index (χ2v) is 4.87. The lowest BCUT2D eigenvalue weighted by Gasteiger charge is -2.14. The lowest BCUT2D eigenvalue weighted by atomic mass is 10.1. The molecular formula is C14H16NO3S-. The van der Waals surface area contributed by atoms with Crippen LogP contribution in [0.4, 0.5) is 5.69 Å². The number of unbranched alkanes of at least 4 members (excludes halogenated alkanes) is 1. The molecule has 0 saturated heterocycles. The number of ether oxygens (including phenoxy) is 1. The van der Waals surface area contributed by atoms with Crippen LogP contribution in [0.25, 0.3) is 10.8 Å². The average molecular weight is 278 g/mol. The average Bonchev–Trinajstić information content (AvgIpc) is 2.41. The molecule has 1 N–H and O–H groups in total. The number of nitrogens with one attached hydrogen (secondary N) is 1. The van der Waals surface area contributed by atoms with Gasteiger partial charge in [-0.2, -0.15) is 0 Å². The summed E-state index contributed by atoms with van der Waals surface area (Å²) in [5.41, 5.74) is 0.562. The zero-order valence-electron chi connectivity index (χ0n) is 10.7. The summed E-state index contributed by atoms with van der Waals surface area (Å²) in [6.07, 6.45) is 2.08. The second kappa shape index (κ2) is 6.54. The third-order valence-corrected chi connectivity index (χ3v) is 3.22. The molecule has 0 aliphatic rings. The van der Waals surface area contributed by atoms with E-state index in [4.69, 9.17) is 4.74 Å². The van der Waals surface area contributed by atoms with E-state index in [9.17, 15) is 8.76 Å². The molecule has 0 heterocycles. The summed E-state index contributed by atoms with van der Waals surface area (Å²) in [5.74, 6) is 0.784. The first-order valence-corrected chi connectivity index (χ1v) is 7.30. The minimum Gasteiger partial charge on any atom is -0.755 e. The SMILES string of the molecule is CCCCOc1ccc(NS(=O)[O-])c2ccccc12. The Morgan fingerprint density at radius 2 is 1.95 bits per heavy atom. The van der Waals surface area contributed by atoms with E-state index in [0.29, 0.717) is 12.3 Å². The molecule has 0 amide bonds. The van der Waals surface area contributed by atoms with Crippen molar-refractivity contribution in [1.29, 1.82) is 0 Å². The van der Waals surface area contributed by atoms with Crippen LogP contribution in [0.1, 0.15) is 19.8 Å². The van der Waals surface area contributed by atoms with Gasteiger partial charge in [0.25, 0.3) is 0 Å². The first-order valence-electron chi connectivity index (χ1n) is 6.23. The Morgan fingerprint density at radius 3 is 2.63 bits per heavy atom. The number of anilines is 1. The van der Waals surface area contributed by atoms with Crippen molar-refractivity contribution in [3.8, 4) is 5.75 Å². The summed E-state index contributed by atoms with van der Waals surface area (Å²) in [6, 6.07) is 11.1. The van der Waals surface area contributed by atoms with Crippen molar-refractivity contribution in [2.75, 3.05) is 11.3 Å². The zero-order valence-corrected chi connectivity index (χ0v) is 11.5. The van der Waals surface area contributed by atoms with Crippen LogP contribution in [0.15, 0.2) is 36.4 Å². The number of rotatable bonds is 6. The Kier molecular flexibility index (Phi) is 4.76. The van der Waals surface area contributed by atoms with E-state index in [2.05, 4.69) is 11.6 Å². The second-order valence-electron chi connectivity index (χ2n) is 4.20. The molecule has 1 atom stereocenters. The van der Waals surface area contributed by atoms with Gasteiger partial charge in [0.2, 0.25) is 0 Å². The maximum Gasteiger partial charge on any atom is 0.127 e. The highest BCUT2D eigenvalue weighted by molar-refractivity contribution is 7.80. The van der Waals surface area contributed by atoms with Crippen molar-refractivity contribution in [2.45, 2.75) is 19.8 Å². The van der Waals surface area contributed by atoms with Gasteiger partial charge >= 0.3 is 0 Å². The summed E-state index contributed by atoms with van der Waals surface area (Å²) in [5, 5.41) is 1.75. The number of hydrogen-bond donors (Lipinski definition) is 1. The molecule has 0 spiro atoms. The lowest BCUT2D eigenvalue weighted by molar-refractivity contribution is 0.313. The molecule has 4 nitrogen and oxygen atoms in total. The van der Waals surface area contributed by atoms with E-state index in [0.717, 1.165) is 29.4 Å². The fourth-order valence-corrected chi connectivity index (χ4v) is 2.26. The molecule has 0 aromatic heterocycles. The Hall–Kier alpha value is -1.59. The third-order valence-electron chi connectivity index (χ3n) is 2.83. The summed E-state index contributed by atoms with van der Waals surface area (Å²) in [4.78, 5) is 0. The summed E-state index contributed by atoms with van der Waals surface area (Å²) < 4.78 is 29.7. The van der Waals surface area contributed by atoms with Crippen molar-refractivity contribution >= 4 is 27.7 Å². The van der Waals surface area contributed by atoms with Crippen LogP contribution in [0.5, 0.6) is 5.75 Å². The monoisotopic (exact) mass is 278 g/mol. The first-order chi connectivity index (χ1) is 9.22. The van der Waals surface area contributed by atoms with E-state index < -0.39 is 11.3 Å². The minimum atomic E-state index is -2.33. The van der Waals surface area contributed by atoms with Crippen molar-refractivity contribution < 1.29 is 13.5 Å². The molecule has 0 aliphatic heterocycles. The van der Waals surface area contributed by atoms with Gasteiger partial charge in [-0.3, -0.25) is 4.21 Å². The van der Waals surface area contributed by atoms with Crippen LogP contribution < -0.4 is 9.46 Å². The smallest absolute Gasteiger partial charge is 0.127 e. The van der Waals surface area contributed by atoms with Gasteiger partial charge in [0.15, 0.2) is 0 Å². The Labute approximate surface area is 115 Å². The highest BCUT2D eigenvalue weighted by Gasteiger charge is 2.06. The van der Waals surface area contributed by atoms with Crippen LogP contribution in [0.3, 0.4) is 0 Å². The van der Waals surface area contributed by atoms with Gasteiger partial charge in [0.1, 0.15) is 5.75 Å². The van der Waals surface area contributed by atoms with E-state index in [1.165, 1.54) is 0 Å². The van der Waals surface area contributed by atoms with Crippen LogP contribution in [0.2, 0.25) is 0 Å². The van der Waals surface area contributed by atoms with Crippen LogP contribution in [-0.4, -0.2) is 15.4 Å². The quantitative estimate of drug-likeness (QED) is 0.652. The third kappa shape index (κ3) is 3.45. The van der Waals surface area contributed by atoms with Crippen LogP contribution in [-0.2, 0) is 11.3 Å². The largest absolute Gasteiger partial charge is 0.755 e. The standard InChI is InChI=1S/C14H17NO3S/c1-2-3-10-18-14-9-8-13(15-19(16)17)11-6-4-5-7-12(11)14/h4-9,15H,2-3,10H2,1H3,(H,16,17)/p-1. The van der Waals surface area contributed by atoms with Crippen LogP contribution >= 0.6 is 0 Å². The molecule has 102 valence electrons. The Bertz CT molecular complexity index is 586. The molecule has 0 radical (unpaired) electrons. The first kappa shape index (κ1) is 13.8. The molecule has 2 rings (SSSR count). The zero-order chi connectivity index (χ0) is 13.7. The molecule has 0 aliphatic carbocycles. The molecule has 0 fully saturated rings. The highest BCUT2D eigenvalue weighted by Crippen LogP contribution is 2.31. The number of fused-ring (bicyclic) bond motifs is 1. The maximum absolute atomic E-state index is 10.8. The van der Waals surface area contributed by atoms with Crippen molar-refractivity contribution in [1.82, 2.24) is 0 Å². The van der Waals surface area contributed by atoms with Gasteiger partial charge in [0, 0.05) is 22.0 Å². The molecular weight excluding hydrogens is 262 g/mol. The number of hydrogen-bond acceptors (Lipinski definition) is 3. The van der Waals surface area contributed by atoms with Crippen molar-refractivity contribution in [3.63, 3.8) is 0 Å². The van der Waals surface area contributed by atoms with Gasteiger partial charge in [-0.1, -0.05) is 37.6 Å². The normalized spacial score (nSPS) is 12.3. The Balaban J connectivity index is 2.37. The lowest BCUT2D eigenvalue weighted by Crippen LogP contribution is -2.03. The molecule has 0 saturated carbocycles. The minimum absolute atomic E-state index is 0.562. The van der Waals surface area contributed by atoms with Gasteiger partial charge in [0.05, 0.1) is 12.3 Å². The van der Waals surface area contributed by atoms with Gasteiger partial charge < -0.3 is 14.0 Å².